The van der Waals surface area contributed by atoms with Gasteiger partial charge >= 0.3 is 0 Å². The van der Waals surface area contributed by atoms with E-state index in [0.717, 1.165) is 5.56 Å². The van der Waals surface area contributed by atoms with Crippen molar-refractivity contribution in [3.05, 3.63) is 23.8 Å². The van der Waals surface area contributed by atoms with Crippen LogP contribution >= 0.6 is 0 Å². The van der Waals surface area contributed by atoms with Gasteiger partial charge in [0.1, 0.15) is 18.1 Å². The molecule has 3 N–H and O–H groups in total. The van der Waals surface area contributed by atoms with Gasteiger partial charge in [0.25, 0.3) is 0 Å². The maximum atomic E-state index is 9.71. The maximum absolute atomic E-state index is 9.71. The summed E-state index contributed by atoms with van der Waals surface area (Å²) in [6.07, 6.45) is 0.628. The second-order valence-electron chi connectivity index (χ2n) is 3.85. The van der Waals surface area contributed by atoms with E-state index in [1.807, 2.05) is 6.92 Å². The molecule has 4 heteroatoms. The summed E-state index contributed by atoms with van der Waals surface area (Å²) in [6, 6.07) is 5.04. The highest BCUT2D eigenvalue weighted by molar-refractivity contribution is 5.39. The average Bonchev–Trinajstić information content (AvgIpc) is 2.29. The predicted molar refractivity (Wildman–Crippen MR) is 60.6 cm³/mol. The molecule has 0 heterocycles. The molecule has 0 aromatic heterocycles. The van der Waals surface area contributed by atoms with Gasteiger partial charge in [-0.3, -0.25) is 0 Å². The number of ether oxygens (including phenoxy) is 1. The van der Waals surface area contributed by atoms with Gasteiger partial charge in [-0.1, -0.05) is 13.0 Å². The summed E-state index contributed by atoms with van der Waals surface area (Å²) in [5.74, 6) is 0.817. The monoisotopic (exact) mass is 226 g/mol. The number of benzene rings is 1. The fourth-order valence-corrected chi connectivity index (χ4v) is 1.41. The van der Waals surface area contributed by atoms with Gasteiger partial charge in [0.05, 0.1) is 6.61 Å². The molecule has 0 bridgehead atoms. The van der Waals surface area contributed by atoms with Crippen molar-refractivity contribution in [3.8, 4) is 11.5 Å². The zero-order valence-corrected chi connectivity index (χ0v) is 9.39. The maximum Gasteiger partial charge on any atom is 0.123 e. The Bertz CT molecular complexity index is 325. The molecule has 0 amide bonds. The third-order valence-corrected chi connectivity index (χ3v) is 2.30. The number of phenolic OH excluding ortho intramolecular Hbond substituents is 1. The van der Waals surface area contributed by atoms with E-state index in [2.05, 4.69) is 0 Å². The largest absolute Gasteiger partial charge is 0.508 e. The normalized spacial score (nSPS) is 12.4. The van der Waals surface area contributed by atoms with Crippen molar-refractivity contribution < 1.29 is 20.1 Å². The molecular formula is C12H18O4. The van der Waals surface area contributed by atoms with Crippen molar-refractivity contribution in [1.29, 1.82) is 0 Å². The molecule has 1 aromatic rings. The van der Waals surface area contributed by atoms with Crippen LogP contribution in [0.5, 0.6) is 11.5 Å². The van der Waals surface area contributed by atoms with Gasteiger partial charge in [0, 0.05) is 12.7 Å². The highest BCUT2D eigenvalue weighted by atomic mass is 16.5. The van der Waals surface area contributed by atoms with Crippen molar-refractivity contribution in [3.63, 3.8) is 0 Å². The lowest BCUT2D eigenvalue weighted by atomic mass is 10.0. The zero-order valence-electron chi connectivity index (χ0n) is 9.39. The Morgan fingerprint density at radius 3 is 2.62 bits per heavy atom. The van der Waals surface area contributed by atoms with Crippen LogP contribution in [0.4, 0.5) is 0 Å². The lowest BCUT2D eigenvalue weighted by Crippen LogP contribution is -2.05. The third-order valence-electron chi connectivity index (χ3n) is 2.30. The number of rotatable bonds is 6. The minimum Gasteiger partial charge on any atom is -0.508 e. The van der Waals surface area contributed by atoms with Crippen LogP contribution in [0.2, 0.25) is 0 Å². The van der Waals surface area contributed by atoms with Crippen LogP contribution in [0.15, 0.2) is 18.2 Å². The van der Waals surface area contributed by atoms with Gasteiger partial charge < -0.3 is 20.1 Å². The first-order valence-corrected chi connectivity index (χ1v) is 5.33. The Morgan fingerprint density at radius 2 is 2.06 bits per heavy atom. The second kappa shape index (κ2) is 6.35. The van der Waals surface area contributed by atoms with Crippen molar-refractivity contribution >= 4 is 0 Å². The van der Waals surface area contributed by atoms with Gasteiger partial charge in [-0.05, 0) is 24.0 Å². The number of aliphatic hydroxyl groups excluding tert-OH is 2. The molecule has 4 nitrogen and oxygen atoms in total. The van der Waals surface area contributed by atoms with E-state index in [0.29, 0.717) is 12.2 Å². The van der Waals surface area contributed by atoms with E-state index >= 15 is 0 Å². The molecule has 0 spiro atoms. The second-order valence-corrected chi connectivity index (χ2v) is 3.85. The Kier molecular flexibility index (Phi) is 5.08. The van der Waals surface area contributed by atoms with Crippen molar-refractivity contribution in [2.75, 3.05) is 19.8 Å². The Balaban J connectivity index is 2.67. The number of phenols is 1. The van der Waals surface area contributed by atoms with Gasteiger partial charge in [-0.2, -0.15) is 0 Å². The molecule has 1 aromatic carbocycles. The summed E-state index contributed by atoms with van der Waals surface area (Å²) in [5.41, 5.74) is 0.790. The zero-order chi connectivity index (χ0) is 12.0. The van der Waals surface area contributed by atoms with Crippen molar-refractivity contribution in [1.82, 2.24) is 0 Å². The molecule has 90 valence electrons. The molecule has 1 rings (SSSR count). The molecular weight excluding hydrogens is 208 g/mol. The molecule has 0 aliphatic rings. The summed E-state index contributed by atoms with van der Waals surface area (Å²) >= 11 is 0. The van der Waals surface area contributed by atoms with Crippen molar-refractivity contribution in [2.24, 2.45) is 5.92 Å². The first-order valence-electron chi connectivity index (χ1n) is 5.33. The van der Waals surface area contributed by atoms with Gasteiger partial charge in [-0.25, -0.2) is 0 Å². The quantitative estimate of drug-likeness (QED) is 0.675. The average molecular weight is 226 g/mol. The van der Waals surface area contributed by atoms with Crippen LogP contribution < -0.4 is 4.74 Å². The van der Waals surface area contributed by atoms with Gasteiger partial charge in [0.15, 0.2) is 0 Å². The van der Waals surface area contributed by atoms with Crippen molar-refractivity contribution in [2.45, 2.75) is 13.3 Å². The summed E-state index contributed by atoms with van der Waals surface area (Å²) in [5, 5.41) is 27.2. The minimum absolute atomic E-state index is 0.0515. The van der Waals surface area contributed by atoms with Crippen LogP contribution in [0.3, 0.4) is 0 Å². The van der Waals surface area contributed by atoms with E-state index in [4.69, 9.17) is 14.9 Å². The predicted octanol–water partition coefficient (Wildman–Crippen LogP) is 0.934. The molecule has 0 saturated carbocycles. The summed E-state index contributed by atoms with van der Waals surface area (Å²) < 4.78 is 5.16. The third kappa shape index (κ3) is 3.72. The number of aromatic hydroxyl groups is 1. The summed E-state index contributed by atoms with van der Waals surface area (Å²) in [4.78, 5) is 0. The lowest BCUT2D eigenvalue weighted by Gasteiger charge is -2.11. The SMILES string of the molecule is CC(CO)Cc1ccc(OCCO)cc1O. The van der Waals surface area contributed by atoms with Crippen LogP contribution in [-0.2, 0) is 6.42 Å². The fraction of sp³-hybridized carbons (Fsp3) is 0.500. The van der Waals surface area contributed by atoms with E-state index in [1.165, 1.54) is 6.07 Å². The molecule has 0 fully saturated rings. The van der Waals surface area contributed by atoms with Crippen LogP contribution in [0.25, 0.3) is 0 Å². The first kappa shape index (κ1) is 12.8. The van der Waals surface area contributed by atoms with E-state index in [-0.39, 0.29) is 31.5 Å². The van der Waals surface area contributed by atoms with Crippen LogP contribution in [-0.4, -0.2) is 35.1 Å². The smallest absolute Gasteiger partial charge is 0.123 e. The standard InChI is InChI=1S/C12H18O4/c1-9(8-14)6-10-2-3-11(7-12(10)15)16-5-4-13/h2-3,7,9,13-15H,4-6,8H2,1H3. The molecule has 1 atom stereocenters. The van der Waals surface area contributed by atoms with Crippen LogP contribution in [0, 0.1) is 5.92 Å². The van der Waals surface area contributed by atoms with E-state index < -0.39 is 0 Å². The summed E-state index contributed by atoms with van der Waals surface area (Å²) in [6.45, 7) is 2.17. The van der Waals surface area contributed by atoms with Gasteiger partial charge in [-0.15, -0.1) is 0 Å². The number of aliphatic hydroxyl groups is 2. The molecule has 0 aliphatic carbocycles. The topological polar surface area (TPSA) is 69.9 Å². The molecule has 0 radical (unpaired) electrons. The fourth-order valence-electron chi connectivity index (χ4n) is 1.41. The minimum atomic E-state index is -0.0515. The molecule has 1 unspecified atom stereocenters. The molecule has 0 saturated heterocycles. The van der Waals surface area contributed by atoms with Crippen LogP contribution in [0.1, 0.15) is 12.5 Å². The Morgan fingerprint density at radius 1 is 1.31 bits per heavy atom. The Labute approximate surface area is 95.1 Å². The molecule has 16 heavy (non-hydrogen) atoms. The number of hydrogen-bond acceptors (Lipinski definition) is 4. The first-order chi connectivity index (χ1) is 7.67. The van der Waals surface area contributed by atoms with Gasteiger partial charge in [0.2, 0.25) is 0 Å². The van der Waals surface area contributed by atoms with E-state index in [1.54, 1.807) is 12.1 Å². The lowest BCUT2D eigenvalue weighted by molar-refractivity contribution is 0.201. The highest BCUT2D eigenvalue weighted by Crippen LogP contribution is 2.25. The van der Waals surface area contributed by atoms with E-state index in [9.17, 15) is 5.11 Å². The Hall–Kier alpha value is -1.26. The molecule has 0 aliphatic heterocycles. The summed E-state index contributed by atoms with van der Waals surface area (Å²) in [7, 11) is 0. The highest BCUT2D eigenvalue weighted by Gasteiger charge is 2.07. The number of hydrogen-bond donors (Lipinski definition) is 3.